The van der Waals surface area contributed by atoms with Crippen molar-refractivity contribution in [1.82, 2.24) is 4.90 Å². The van der Waals surface area contributed by atoms with Crippen LogP contribution < -0.4 is 9.47 Å². The molecule has 1 saturated heterocycles. The second-order valence-electron chi connectivity index (χ2n) is 8.16. The minimum Gasteiger partial charge on any atom is -0.485 e. The predicted molar refractivity (Wildman–Crippen MR) is 111 cm³/mol. The van der Waals surface area contributed by atoms with Gasteiger partial charge in [0.25, 0.3) is 0 Å². The highest BCUT2D eigenvalue weighted by Gasteiger charge is 2.38. The Hall–Kier alpha value is -2.53. The van der Waals surface area contributed by atoms with Crippen molar-refractivity contribution in [2.75, 3.05) is 26.3 Å². The van der Waals surface area contributed by atoms with Crippen LogP contribution in [0.5, 0.6) is 11.5 Å². The van der Waals surface area contributed by atoms with Gasteiger partial charge < -0.3 is 14.2 Å². The van der Waals surface area contributed by atoms with E-state index in [9.17, 15) is 4.79 Å². The maximum atomic E-state index is 12.2. The van der Waals surface area contributed by atoms with Gasteiger partial charge in [0.1, 0.15) is 6.61 Å². The molecule has 4 rings (SSSR count). The van der Waals surface area contributed by atoms with Crippen LogP contribution in [0.15, 0.2) is 48.5 Å². The van der Waals surface area contributed by atoms with Crippen molar-refractivity contribution in [3.05, 3.63) is 59.7 Å². The van der Waals surface area contributed by atoms with Gasteiger partial charge in [0.15, 0.2) is 17.6 Å². The summed E-state index contributed by atoms with van der Waals surface area (Å²) in [5.41, 5.74) is 2.05. The minimum atomic E-state index is -0.342. The Bertz CT molecular complexity index is 840. The third-order valence-electron chi connectivity index (χ3n) is 5.99. The van der Waals surface area contributed by atoms with Gasteiger partial charge in [-0.3, -0.25) is 9.69 Å². The van der Waals surface area contributed by atoms with Gasteiger partial charge >= 0.3 is 5.97 Å². The van der Waals surface area contributed by atoms with E-state index in [-0.39, 0.29) is 17.5 Å². The second kappa shape index (κ2) is 8.46. The number of hydrogen-bond donors (Lipinski definition) is 0. The van der Waals surface area contributed by atoms with Crippen LogP contribution in [-0.4, -0.2) is 37.2 Å². The molecule has 0 N–H and O–H groups in total. The van der Waals surface area contributed by atoms with E-state index in [4.69, 9.17) is 14.2 Å². The molecular weight excluding hydrogens is 366 g/mol. The maximum absolute atomic E-state index is 12.2. The molecule has 0 amide bonds. The lowest BCUT2D eigenvalue weighted by molar-refractivity contribution is -0.157. The first-order valence-electron chi connectivity index (χ1n) is 10.4. The zero-order valence-corrected chi connectivity index (χ0v) is 17.2. The highest BCUT2D eigenvalue weighted by atomic mass is 16.6. The molecule has 5 nitrogen and oxygen atoms in total. The summed E-state index contributed by atoms with van der Waals surface area (Å²) in [6, 6.07) is 16.4. The molecule has 2 aliphatic rings. The molecule has 0 aliphatic carbocycles. The number of piperidine rings is 1. The monoisotopic (exact) mass is 395 g/mol. The fourth-order valence-corrected chi connectivity index (χ4v) is 3.99. The first-order chi connectivity index (χ1) is 14.1. The molecule has 1 fully saturated rings. The minimum absolute atomic E-state index is 0.0553. The van der Waals surface area contributed by atoms with Crippen molar-refractivity contribution in [3.63, 3.8) is 0 Å². The molecule has 0 saturated carbocycles. The maximum Gasteiger partial charge on any atom is 0.311 e. The Kier molecular flexibility index (Phi) is 5.76. The molecule has 29 heavy (non-hydrogen) atoms. The van der Waals surface area contributed by atoms with Crippen LogP contribution in [0.3, 0.4) is 0 Å². The number of fused-ring (bicyclic) bond motifs is 1. The third-order valence-corrected chi connectivity index (χ3v) is 5.99. The normalized spacial score (nSPS) is 20.8. The van der Waals surface area contributed by atoms with E-state index in [0.717, 1.165) is 49.5 Å². The zero-order chi connectivity index (χ0) is 20.3. The Balaban J connectivity index is 1.32. The molecule has 0 unspecified atom stereocenters. The van der Waals surface area contributed by atoms with Crippen molar-refractivity contribution in [3.8, 4) is 11.5 Å². The standard InChI is InChI=1S/C24H29NO4/c1-3-27-23(26)24(2)12-14-25(15-13-24)16-18-8-10-19(11-9-18)22-17-28-20-6-4-5-7-21(20)29-22/h4-11,22H,3,12-17H2,1-2H3/t22-/m1/s1. The number of carbonyl (C=O) groups excluding carboxylic acids is 1. The number of likely N-dealkylation sites (tertiary alicyclic amines) is 1. The fraction of sp³-hybridized carbons (Fsp3) is 0.458. The van der Waals surface area contributed by atoms with E-state index >= 15 is 0 Å². The van der Waals surface area contributed by atoms with Crippen LogP contribution in [0.2, 0.25) is 0 Å². The number of esters is 1. The van der Waals surface area contributed by atoms with E-state index in [1.165, 1.54) is 5.56 Å². The number of nitrogens with zero attached hydrogens (tertiary/aromatic N) is 1. The number of carbonyl (C=O) groups is 1. The summed E-state index contributed by atoms with van der Waals surface area (Å²) in [4.78, 5) is 14.6. The molecule has 0 radical (unpaired) electrons. The zero-order valence-electron chi connectivity index (χ0n) is 17.2. The summed E-state index contributed by atoms with van der Waals surface area (Å²) in [7, 11) is 0. The summed E-state index contributed by atoms with van der Waals surface area (Å²) in [5.74, 6) is 1.55. The van der Waals surface area contributed by atoms with E-state index in [0.29, 0.717) is 13.2 Å². The molecule has 2 aliphatic heterocycles. The Morgan fingerprint density at radius 3 is 2.48 bits per heavy atom. The SMILES string of the molecule is CCOC(=O)C1(C)CCN(Cc2ccc([C@H]3COc4ccccc4O3)cc2)CC1. The Morgan fingerprint density at radius 1 is 1.10 bits per heavy atom. The van der Waals surface area contributed by atoms with E-state index in [1.54, 1.807) is 0 Å². The van der Waals surface area contributed by atoms with Crippen LogP contribution in [0.25, 0.3) is 0 Å². The summed E-state index contributed by atoms with van der Waals surface area (Å²) in [6.45, 7) is 7.58. The van der Waals surface area contributed by atoms with Gasteiger partial charge in [-0.05, 0) is 63.0 Å². The highest BCUT2D eigenvalue weighted by Crippen LogP contribution is 2.36. The number of para-hydroxylation sites is 2. The van der Waals surface area contributed by atoms with Crippen LogP contribution in [0.1, 0.15) is 43.9 Å². The molecule has 0 spiro atoms. The molecule has 0 bridgehead atoms. The summed E-state index contributed by atoms with van der Waals surface area (Å²) in [6.07, 6.45) is 1.60. The van der Waals surface area contributed by atoms with Gasteiger partial charge in [-0.15, -0.1) is 0 Å². The average Bonchev–Trinajstić information content (AvgIpc) is 2.76. The molecule has 5 heteroatoms. The largest absolute Gasteiger partial charge is 0.485 e. The van der Waals surface area contributed by atoms with Crippen LogP contribution in [0.4, 0.5) is 0 Å². The van der Waals surface area contributed by atoms with Gasteiger partial charge in [-0.25, -0.2) is 0 Å². The smallest absolute Gasteiger partial charge is 0.311 e. The molecule has 2 aromatic rings. The number of hydrogen-bond acceptors (Lipinski definition) is 5. The Morgan fingerprint density at radius 2 is 1.79 bits per heavy atom. The molecule has 2 heterocycles. The topological polar surface area (TPSA) is 48.0 Å². The lowest BCUT2D eigenvalue weighted by Crippen LogP contribution is -2.43. The van der Waals surface area contributed by atoms with Crippen molar-refractivity contribution in [2.24, 2.45) is 5.41 Å². The van der Waals surface area contributed by atoms with Crippen LogP contribution in [-0.2, 0) is 16.1 Å². The van der Waals surface area contributed by atoms with Crippen molar-refractivity contribution in [2.45, 2.75) is 39.3 Å². The first kappa shape index (κ1) is 19.8. The number of rotatable bonds is 5. The second-order valence-corrected chi connectivity index (χ2v) is 8.16. The average molecular weight is 395 g/mol. The van der Waals surface area contributed by atoms with Gasteiger partial charge in [-0.2, -0.15) is 0 Å². The molecule has 154 valence electrons. The van der Waals surface area contributed by atoms with E-state index in [1.807, 2.05) is 38.1 Å². The van der Waals surface area contributed by atoms with Crippen molar-refractivity contribution >= 4 is 5.97 Å². The van der Waals surface area contributed by atoms with Gasteiger partial charge in [-0.1, -0.05) is 36.4 Å². The quantitative estimate of drug-likeness (QED) is 0.704. The lowest BCUT2D eigenvalue weighted by atomic mass is 9.80. The predicted octanol–water partition coefficient (Wildman–Crippen LogP) is 4.36. The highest BCUT2D eigenvalue weighted by molar-refractivity contribution is 5.76. The lowest BCUT2D eigenvalue weighted by Gasteiger charge is -2.37. The van der Waals surface area contributed by atoms with Crippen LogP contribution >= 0.6 is 0 Å². The number of benzene rings is 2. The Labute approximate surface area is 172 Å². The van der Waals surface area contributed by atoms with Gasteiger partial charge in [0.05, 0.1) is 12.0 Å². The summed E-state index contributed by atoms with van der Waals surface area (Å²) in [5, 5.41) is 0. The number of ether oxygens (including phenoxy) is 3. The third kappa shape index (κ3) is 4.40. The van der Waals surface area contributed by atoms with Crippen LogP contribution in [0, 0.1) is 5.41 Å². The molecule has 0 aromatic heterocycles. The van der Waals surface area contributed by atoms with Crippen molar-refractivity contribution < 1.29 is 19.0 Å². The summed E-state index contributed by atoms with van der Waals surface area (Å²) >= 11 is 0. The molecular formula is C24H29NO4. The molecule has 2 aromatic carbocycles. The van der Waals surface area contributed by atoms with E-state index in [2.05, 4.69) is 29.2 Å². The fourth-order valence-electron chi connectivity index (χ4n) is 3.99. The van der Waals surface area contributed by atoms with Gasteiger partial charge in [0.2, 0.25) is 0 Å². The first-order valence-corrected chi connectivity index (χ1v) is 10.4. The van der Waals surface area contributed by atoms with Crippen molar-refractivity contribution in [1.29, 1.82) is 0 Å². The van der Waals surface area contributed by atoms with Gasteiger partial charge in [0, 0.05) is 6.54 Å². The molecule has 1 atom stereocenters. The summed E-state index contributed by atoms with van der Waals surface area (Å²) < 4.78 is 17.2. The van der Waals surface area contributed by atoms with E-state index < -0.39 is 0 Å².